The highest BCUT2D eigenvalue weighted by atomic mass is 19.3. The van der Waals surface area contributed by atoms with Crippen molar-refractivity contribution < 1.29 is 42.0 Å². The van der Waals surface area contributed by atoms with Gasteiger partial charge >= 0.3 is 18.0 Å². The van der Waals surface area contributed by atoms with Crippen molar-refractivity contribution in [2.45, 2.75) is 75.3 Å². The molecule has 4 aliphatic carbocycles. The maximum Gasteiger partial charge on any atom is 0.419 e. The lowest BCUT2D eigenvalue weighted by Crippen LogP contribution is -2.60. The van der Waals surface area contributed by atoms with Crippen molar-refractivity contribution in [3.63, 3.8) is 0 Å². The van der Waals surface area contributed by atoms with Gasteiger partial charge < -0.3 is 19.7 Å². The summed E-state index contributed by atoms with van der Waals surface area (Å²) in [5, 5.41) is 20.4. The Morgan fingerprint density at radius 2 is 1.65 bits per heavy atom. The smallest absolute Gasteiger partial charge is 0.419 e. The number of hydrogen-bond acceptors (Lipinski definition) is 5. The molecule has 26 heavy (non-hydrogen) atoms. The van der Waals surface area contributed by atoms with Gasteiger partial charge in [0, 0.05) is 6.92 Å². The molecule has 0 radical (unpaired) electrons. The zero-order valence-electron chi connectivity index (χ0n) is 14.7. The molecular formula is C17H24F4O5. The van der Waals surface area contributed by atoms with Crippen molar-refractivity contribution in [2.75, 3.05) is 6.61 Å². The highest BCUT2D eigenvalue weighted by Crippen LogP contribution is 2.57. The van der Waals surface area contributed by atoms with Crippen LogP contribution in [0.15, 0.2) is 0 Å². The van der Waals surface area contributed by atoms with Crippen LogP contribution in [-0.2, 0) is 14.3 Å². The predicted molar refractivity (Wildman–Crippen MR) is 80.5 cm³/mol. The molecule has 4 fully saturated rings. The number of carbonyl (C=O) groups excluding carboxylic acids is 1. The van der Waals surface area contributed by atoms with Gasteiger partial charge in [-0.05, 0) is 56.8 Å². The number of halogens is 4. The number of aliphatic hydroxyl groups is 2. The van der Waals surface area contributed by atoms with E-state index >= 15 is 0 Å². The van der Waals surface area contributed by atoms with Crippen LogP contribution in [0, 0.1) is 17.8 Å². The molecule has 150 valence electrons. The lowest BCUT2D eigenvalue weighted by atomic mass is 9.53. The van der Waals surface area contributed by atoms with E-state index in [1.54, 1.807) is 0 Å². The van der Waals surface area contributed by atoms with Crippen LogP contribution in [0.2, 0.25) is 0 Å². The molecule has 0 aromatic carbocycles. The van der Waals surface area contributed by atoms with Gasteiger partial charge in [0.25, 0.3) is 0 Å². The van der Waals surface area contributed by atoms with Gasteiger partial charge in [-0.25, -0.2) is 4.79 Å². The van der Waals surface area contributed by atoms with E-state index in [9.17, 15) is 32.6 Å². The van der Waals surface area contributed by atoms with Crippen molar-refractivity contribution >= 4 is 5.97 Å². The summed E-state index contributed by atoms with van der Waals surface area (Å²) in [6, 6.07) is 0. The molecule has 0 aliphatic heterocycles. The second kappa shape index (κ2) is 6.04. The molecule has 0 spiro atoms. The van der Waals surface area contributed by atoms with Crippen LogP contribution in [0.3, 0.4) is 0 Å². The maximum atomic E-state index is 13.2. The zero-order chi connectivity index (χ0) is 19.5. The number of ether oxygens (including phenoxy) is 2. The average molecular weight is 384 g/mol. The van der Waals surface area contributed by atoms with Crippen molar-refractivity contribution in [3.05, 3.63) is 0 Å². The van der Waals surface area contributed by atoms with Crippen LogP contribution >= 0.6 is 0 Å². The van der Waals surface area contributed by atoms with Gasteiger partial charge in [-0.1, -0.05) is 0 Å². The third-order valence-electron chi connectivity index (χ3n) is 5.96. The Bertz CT molecular complexity index is 558. The first kappa shape index (κ1) is 19.8. The van der Waals surface area contributed by atoms with Gasteiger partial charge in [-0.15, -0.1) is 0 Å². The first-order valence-electron chi connectivity index (χ1n) is 8.78. The molecular weight excluding hydrogens is 360 g/mol. The minimum absolute atomic E-state index is 0.0124. The van der Waals surface area contributed by atoms with Gasteiger partial charge in [0.15, 0.2) is 5.60 Å². The second-order valence-corrected chi connectivity index (χ2v) is 8.50. The Morgan fingerprint density at radius 3 is 2.15 bits per heavy atom. The molecule has 0 aromatic heterocycles. The summed E-state index contributed by atoms with van der Waals surface area (Å²) in [5.41, 5.74) is -3.33. The second-order valence-electron chi connectivity index (χ2n) is 8.50. The van der Waals surface area contributed by atoms with Crippen molar-refractivity contribution in [1.82, 2.24) is 0 Å². The molecule has 4 rings (SSSR count). The molecule has 0 heterocycles. The summed E-state index contributed by atoms with van der Waals surface area (Å²) in [4.78, 5) is 12.4. The number of carbonyl (C=O) groups is 1. The van der Waals surface area contributed by atoms with Gasteiger partial charge in [-0.3, -0.25) is 0 Å². The number of rotatable bonds is 6. The molecule has 4 aliphatic rings. The van der Waals surface area contributed by atoms with E-state index in [4.69, 9.17) is 4.74 Å². The molecule has 0 amide bonds. The summed E-state index contributed by atoms with van der Waals surface area (Å²) in [5.74, 6) is -5.29. The Morgan fingerprint density at radius 1 is 1.12 bits per heavy atom. The van der Waals surface area contributed by atoms with E-state index in [0.29, 0.717) is 25.2 Å². The Kier molecular flexibility index (Phi) is 4.60. The molecule has 4 saturated carbocycles. The highest BCUT2D eigenvalue weighted by molar-refractivity contribution is 5.79. The number of aliphatic hydroxyl groups excluding tert-OH is 1. The van der Waals surface area contributed by atoms with Crippen LogP contribution in [0.1, 0.15) is 46.0 Å². The van der Waals surface area contributed by atoms with Crippen LogP contribution < -0.4 is 0 Å². The number of esters is 1. The van der Waals surface area contributed by atoms with E-state index in [1.807, 2.05) is 0 Å². The summed E-state index contributed by atoms with van der Waals surface area (Å²) >= 11 is 0. The van der Waals surface area contributed by atoms with Crippen LogP contribution in [0.4, 0.5) is 17.6 Å². The fraction of sp³-hybridized carbons (Fsp3) is 0.941. The number of hydrogen-bond donors (Lipinski definition) is 2. The third-order valence-corrected chi connectivity index (χ3v) is 5.96. The maximum absolute atomic E-state index is 13.2. The Labute approximate surface area is 148 Å². The summed E-state index contributed by atoms with van der Waals surface area (Å²) in [6.07, 6.45) is -2.05. The van der Waals surface area contributed by atoms with Gasteiger partial charge in [0.05, 0.1) is 12.7 Å². The minimum atomic E-state index is -4.82. The average Bonchev–Trinajstić information content (AvgIpc) is 2.48. The van der Waals surface area contributed by atoms with E-state index < -0.39 is 41.9 Å². The predicted octanol–water partition coefficient (Wildman–Crippen LogP) is 2.48. The largest absolute Gasteiger partial charge is 0.457 e. The fourth-order valence-electron chi connectivity index (χ4n) is 4.77. The first-order chi connectivity index (χ1) is 11.7. The third kappa shape index (κ3) is 3.45. The normalized spacial score (nSPS) is 38.9. The van der Waals surface area contributed by atoms with E-state index in [2.05, 4.69) is 4.74 Å². The molecule has 3 atom stereocenters. The Balaban J connectivity index is 1.64. The van der Waals surface area contributed by atoms with Crippen LogP contribution in [0.25, 0.3) is 0 Å². The van der Waals surface area contributed by atoms with Gasteiger partial charge in [0.2, 0.25) is 0 Å². The SMILES string of the molecule is CC(O)(COC(F)(F)C(C)(F)F)C(=O)OC12CC3CC(C1)C(O)C(C3)C2. The lowest BCUT2D eigenvalue weighted by Gasteiger charge is -2.58. The molecule has 0 saturated heterocycles. The molecule has 4 bridgehead atoms. The summed E-state index contributed by atoms with van der Waals surface area (Å²) < 4.78 is 61.4. The van der Waals surface area contributed by atoms with E-state index in [1.165, 1.54) is 0 Å². The minimum Gasteiger partial charge on any atom is -0.457 e. The van der Waals surface area contributed by atoms with Crippen LogP contribution in [-0.4, -0.2) is 52.1 Å². The van der Waals surface area contributed by atoms with Crippen molar-refractivity contribution in [2.24, 2.45) is 17.8 Å². The topological polar surface area (TPSA) is 76.0 Å². The first-order valence-corrected chi connectivity index (χ1v) is 8.78. The molecule has 2 N–H and O–H groups in total. The van der Waals surface area contributed by atoms with E-state index in [-0.39, 0.29) is 18.8 Å². The molecule has 3 unspecified atom stereocenters. The Hall–Kier alpha value is -0.930. The fourth-order valence-corrected chi connectivity index (χ4v) is 4.77. The monoisotopic (exact) mass is 384 g/mol. The molecule has 9 heteroatoms. The van der Waals surface area contributed by atoms with Crippen molar-refractivity contribution in [3.8, 4) is 0 Å². The molecule has 5 nitrogen and oxygen atoms in total. The molecule has 0 aromatic rings. The van der Waals surface area contributed by atoms with Crippen LogP contribution in [0.5, 0.6) is 0 Å². The summed E-state index contributed by atoms with van der Waals surface area (Å²) in [7, 11) is 0. The van der Waals surface area contributed by atoms with E-state index in [0.717, 1.165) is 19.8 Å². The number of alkyl halides is 4. The standard InChI is InChI=1S/C17H24F4O5/c1-14(24,8-25-17(20,21)15(2,18)19)13(23)26-16-5-9-3-10(6-16)12(22)11(4-9)7-16/h9-12,22,24H,3-8H2,1-2H3. The highest BCUT2D eigenvalue weighted by Gasteiger charge is 2.59. The zero-order valence-corrected chi connectivity index (χ0v) is 14.7. The van der Waals surface area contributed by atoms with Gasteiger partial charge in [0.1, 0.15) is 5.60 Å². The van der Waals surface area contributed by atoms with Gasteiger partial charge in [-0.2, -0.15) is 17.6 Å². The lowest BCUT2D eigenvalue weighted by molar-refractivity contribution is -0.349. The quantitative estimate of drug-likeness (QED) is 0.544. The van der Waals surface area contributed by atoms with Crippen molar-refractivity contribution in [1.29, 1.82) is 0 Å². The summed E-state index contributed by atoms with van der Waals surface area (Å²) in [6.45, 7) is -0.438.